The van der Waals surface area contributed by atoms with Gasteiger partial charge in [0, 0.05) is 6.54 Å². The summed E-state index contributed by atoms with van der Waals surface area (Å²) in [6.07, 6.45) is 1.56. The van der Waals surface area contributed by atoms with Crippen LogP contribution in [0.1, 0.15) is 11.3 Å². The van der Waals surface area contributed by atoms with Gasteiger partial charge in [0.2, 0.25) is 0 Å². The van der Waals surface area contributed by atoms with Gasteiger partial charge in [0.25, 0.3) is 0 Å². The summed E-state index contributed by atoms with van der Waals surface area (Å²) in [6, 6.07) is 9.89. The first-order valence-corrected chi connectivity index (χ1v) is 5.85. The van der Waals surface area contributed by atoms with Crippen LogP contribution in [0.15, 0.2) is 46.0 Å². The maximum Gasteiger partial charge on any atom is 0.172 e. The van der Waals surface area contributed by atoms with Crippen LogP contribution in [0.25, 0.3) is 0 Å². The van der Waals surface area contributed by atoms with Gasteiger partial charge in [-0.15, -0.1) is 0 Å². The molecule has 0 bridgehead atoms. The van der Waals surface area contributed by atoms with Gasteiger partial charge < -0.3 is 9.32 Å². The zero-order chi connectivity index (χ0) is 13.2. The third-order valence-corrected chi connectivity index (χ3v) is 2.95. The van der Waals surface area contributed by atoms with E-state index in [0.29, 0.717) is 35.9 Å². The van der Waals surface area contributed by atoms with Crippen LogP contribution in [0.4, 0.5) is 10.1 Å². The molecule has 4 nitrogen and oxygen atoms in total. The third kappa shape index (κ3) is 1.97. The highest BCUT2D eigenvalue weighted by molar-refractivity contribution is 6.09. The predicted octanol–water partition coefficient (Wildman–Crippen LogP) is 2.56. The number of amidine groups is 1. The lowest BCUT2D eigenvalue weighted by Crippen LogP contribution is -2.28. The van der Waals surface area contributed by atoms with Gasteiger partial charge >= 0.3 is 0 Å². The van der Waals surface area contributed by atoms with E-state index in [-0.39, 0.29) is 0 Å². The highest BCUT2D eigenvalue weighted by atomic mass is 19.1. The summed E-state index contributed by atoms with van der Waals surface area (Å²) in [7, 11) is 0. The molecule has 3 rings (SSSR count). The van der Waals surface area contributed by atoms with Crippen molar-refractivity contribution in [1.29, 1.82) is 5.26 Å². The lowest BCUT2D eigenvalue weighted by atomic mass is 10.2. The summed E-state index contributed by atoms with van der Waals surface area (Å²) in [5.41, 5.74) is 0.712. The van der Waals surface area contributed by atoms with Crippen LogP contribution in [0.5, 0.6) is 0 Å². The van der Waals surface area contributed by atoms with E-state index in [0.717, 1.165) is 0 Å². The largest absolute Gasteiger partial charge is 0.461 e. The number of nitrogens with zero attached hydrogens (tertiary/aromatic N) is 3. The van der Waals surface area contributed by atoms with Crippen molar-refractivity contribution in [2.24, 2.45) is 4.99 Å². The molecule has 0 saturated heterocycles. The Morgan fingerprint density at radius 2 is 2.26 bits per heavy atom. The maximum atomic E-state index is 14.0. The van der Waals surface area contributed by atoms with Crippen molar-refractivity contribution >= 4 is 11.5 Å². The second kappa shape index (κ2) is 4.58. The van der Waals surface area contributed by atoms with Gasteiger partial charge in [0.05, 0.1) is 30.1 Å². The van der Waals surface area contributed by atoms with E-state index in [2.05, 4.69) is 4.99 Å². The Labute approximate surface area is 109 Å². The molecule has 1 aromatic carbocycles. The average molecular weight is 255 g/mol. The molecule has 0 aliphatic carbocycles. The smallest absolute Gasteiger partial charge is 0.172 e. The number of furan rings is 1. The minimum absolute atomic E-state index is 0.303. The molecule has 0 radical (unpaired) electrons. The Balaban J connectivity index is 1.99. The molecule has 0 N–H and O–H groups in total. The van der Waals surface area contributed by atoms with E-state index in [1.165, 1.54) is 6.07 Å². The van der Waals surface area contributed by atoms with Crippen molar-refractivity contribution in [3.63, 3.8) is 0 Å². The van der Waals surface area contributed by atoms with Crippen LogP contribution in [0, 0.1) is 17.1 Å². The lowest BCUT2D eigenvalue weighted by molar-refractivity contribution is 0.556. The predicted molar refractivity (Wildman–Crippen MR) is 68.6 cm³/mol. The summed E-state index contributed by atoms with van der Waals surface area (Å²) < 4.78 is 19.3. The standard InChI is InChI=1S/C14H10FN3O/c15-11-8-10(9-16)3-4-12(11)18-6-5-17-14(18)13-2-1-7-19-13/h1-4,7-8H,5-6H2. The molecule has 2 heterocycles. The minimum atomic E-state index is -0.430. The number of anilines is 1. The summed E-state index contributed by atoms with van der Waals surface area (Å²) in [6.45, 7) is 1.19. The first-order valence-electron chi connectivity index (χ1n) is 5.85. The molecule has 1 aromatic heterocycles. The molecule has 0 amide bonds. The van der Waals surface area contributed by atoms with Crippen LogP contribution in [0.3, 0.4) is 0 Å². The second-order valence-electron chi connectivity index (χ2n) is 4.11. The second-order valence-corrected chi connectivity index (χ2v) is 4.11. The Morgan fingerprint density at radius 1 is 1.37 bits per heavy atom. The topological polar surface area (TPSA) is 52.5 Å². The Bertz CT molecular complexity index is 670. The highest BCUT2D eigenvalue weighted by Crippen LogP contribution is 2.25. The van der Waals surface area contributed by atoms with Crippen molar-refractivity contribution in [1.82, 2.24) is 0 Å². The fraction of sp³-hybridized carbons (Fsp3) is 0.143. The van der Waals surface area contributed by atoms with Crippen molar-refractivity contribution in [2.75, 3.05) is 18.0 Å². The van der Waals surface area contributed by atoms with E-state index < -0.39 is 5.82 Å². The molecule has 1 aliphatic heterocycles. The summed E-state index contributed by atoms with van der Waals surface area (Å²) >= 11 is 0. The van der Waals surface area contributed by atoms with Gasteiger partial charge in [0.1, 0.15) is 5.82 Å². The van der Waals surface area contributed by atoms with Crippen LogP contribution < -0.4 is 4.90 Å². The molecule has 1 aliphatic rings. The van der Waals surface area contributed by atoms with Crippen molar-refractivity contribution in [3.8, 4) is 6.07 Å². The summed E-state index contributed by atoms with van der Waals surface area (Å²) in [5, 5.41) is 8.75. The van der Waals surface area contributed by atoms with Crippen LogP contribution in [0.2, 0.25) is 0 Å². The zero-order valence-electron chi connectivity index (χ0n) is 10.0. The fourth-order valence-corrected chi connectivity index (χ4v) is 2.09. The first-order chi connectivity index (χ1) is 9.29. The SMILES string of the molecule is N#Cc1ccc(N2CCN=C2c2ccco2)c(F)c1. The van der Waals surface area contributed by atoms with Gasteiger partial charge in [-0.25, -0.2) is 4.39 Å². The van der Waals surface area contributed by atoms with Gasteiger partial charge in [0.15, 0.2) is 11.6 Å². The van der Waals surface area contributed by atoms with Crippen molar-refractivity contribution < 1.29 is 8.81 Å². The molecule has 0 unspecified atom stereocenters. The molecule has 0 fully saturated rings. The molecule has 0 atom stereocenters. The molecular formula is C14H10FN3O. The van der Waals surface area contributed by atoms with E-state index >= 15 is 0 Å². The maximum absolute atomic E-state index is 14.0. The van der Waals surface area contributed by atoms with Crippen molar-refractivity contribution in [2.45, 2.75) is 0 Å². The normalized spacial score (nSPS) is 14.3. The van der Waals surface area contributed by atoms with Crippen LogP contribution in [-0.2, 0) is 0 Å². The lowest BCUT2D eigenvalue weighted by Gasteiger charge is -2.19. The number of benzene rings is 1. The minimum Gasteiger partial charge on any atom is -0.461 e. The Morgan fingerprint density at radius 3 is 2.95 bits per heavy atom. The molecular weight excluding hydrogens is 245 g/mol. The monoisotopic (exact) mass is 255 g/mol. The van der Waals surface area contributed by atoms with E-state index in [1.807, 2.05) is 6.07 Å². The van der Waals surface area contributed by atoms with E-state index in [4.69, 9.17) is 9.68 Å². The fourth-order valence-electron chi connectivity index (χ4n) is 2.09. The zero-order valence-corrected chi connectivity index (χ0v) is 10.0. The highest BCUT2D eigenvalue weighted by Gasteiger charge is 2.24. The molecule has 0 saturated carbocycles. The van der Waals surface area contributed by atoms with Gasteiger partial charge in [-0.2, -0.15) is 5.26 Å². The van der Waals surface area contributed by atoms with E-state index in [9.17, 15) is 4.39 Å². The van der Waals surface area contributed by atoms with Crippen molar-refractivity contribution in [3.05, 3.63) is 53.7 Å². The number of hydrogen-bond acceptors (Lipinski definition) is 4. The van der Waals surface area contributed by atoms with E-state index in [1.54, 1.807) is 35.4 Å². The number of rotatable bonds is 2. The van der Waals surface area contributed by atoms with Gasteiger partial charge in [-0.05, 0) is 30.3 Å². The Hall–Kier alpha value is -2.61. The molecule has 94 valence electrons. The quantitative estimate of drug-likeness (QED) is 0.828. The average Bonchev–Trinajstić information content (AvgIpc) is 3.08. The number of aliphatic imine (C=N–C) groups is 1. The molecule has 5 heteroatoms. The third-order valence-electron chi connectivity index (χ3n) is 2.95. The first kappa shape index (κ1) is 11.5. The summed E-state index contributed by atoms with van der Waals surface area (Å²) in [5.74, 6) is 0.801. The number of halogens is 1. The van der Waals surface area contributed by atoms with Gasteiger partial charge in [-0.3, -0.25) is 4.99 Å². The van der Waals surface area contributed by atoms with Crippen LogP contribution in [-0.4, -0.2) is 18.9 Å². The molecule has 19 heavy (non-hydrogen) atoms. The number of nitriles is 1. The molecule has 0 spiro atoms. The van der Waals surface area contributed by atoms with Gasteiger partial charge in [-0.1, -0.05) is 0 Å². The van der Waals surface area contributed by atoms with Crippen LogP contribution >= 0.6 is 0 Å². The Kier molecular flexibility index (Phi) is 2.76. The summed E-state index contributed by atoms with van der Waals surface area (Å²) in [4.78, 5) is 6.10. The molecule has 2 aromatic rings. The number of hydrogen-bond donors (Lipinski definition) is 0.